The van der Waals surface area contributed by atoms with Gasteiger partial charge in [0.25, 0.3) is 0 Å². The molecule has 1 atom stereocenters. The second kappa shape index (κ2) is 5.10. The normalized spacial score (nSPS) is 12.1. The molecule has 0 bridgehead atoms. The van der Waals surface area contributed by atoms with Crippen LogP contribution < -0.4 is 10.5 Å². The van der Waals surface area contributed by atoms with Gasteiger partial charge in [-0.05, 0) is 31.2 Å². The van der Waals surface area contributed by atoms with E-state index in [2.05, 4.69) is 9.97 Å². The lowest BCUT2D eigenvalue weighted by molar-refractivity contribution is 0.221. The van der Waals surface area contributed by atoms with E-state index in [0.717, 1.165) is 0 Å². The van der Waals surface area contributed by atoms with Crippen LogP contribution in [0.15, 0.2) is 30.3 Å². The Hall–Kier alpha value is -2.01. The average Bonchev–Trinajstić information content (AvgIpc) is 2.31. The number of ether oxygens (including phenoxy) is 1. The zero-order chi connectivity index (χ0) is 13.1. The Morgan fingerprint density at radius 1 is 1.28 bits per heavy atom. The van der Waals surface area contributed by atoms with E-state index < -0.39 is 0 Å². The summed E-state index contributed by atoms with van der Waals surface area (Å²) in [4.78, 5) is 7.59. The van der Waals surface area contributed by atoms with Crippen LogP contribution in [0, 0.1) is 0 Å². The summed E-state index contributed by atoms with van der Waals surface area (Å²) in [5, 5.41) is 9.98. The van der Waals surface area contributed by atoms with Gasteiger partial charge in [0.1, 0.15) is 11.9 Å². The van der Waals surface area contributed by atoms with Crippen molar-refractivity contribution in [2.75, 3.05) is 5.73 Å². The topological polar surface area (TPSA) is 81.3 Å². The maximum atomic E-state index is 9.34. The van der Waals surface area contributed by atoms with Crippen LogP contribution >= 0.6 is 11.6 Å². The molecule has 0 fully saturated rings. The summed E-state index contributed by atoms with van der Waals surface area (Å²) in [6.45, 7) is 1.80. The maximum absolute atomic E-state index is 9.34. The first-order valence-corrected chi connectivity index (χ1v) is 5.68. The van der Waals surface area contributed by atoms with Crippen LogP contribution in [0.3, 0.4) is 0 Å². The molecule has 0 aliphatic heterocycles. The van der Waals surface area contributed by atoms with Gasteiger partial charge in [0.15, 0.2) is 0 Å². The quantitative estimate of drug-likeness (QED) is 0.891. The lowest BCUT2D eigenvalue weighted by Crippen LogP contribution is -2.07. The van der Waals surface area contributed by atoms with E-state index in [4.69, 9.17) is 22.1 Å². The highest BCUT2D eigenvalue weighted by molar-refractivity contribution is 6.30. The summed E-state index contributed by atoms with van der Waals surface area (Å²) in [6.07, 6.45) is -0.359. The number of nitrogens with two attached hydrogens (primary N) is 1. The van der Waals surface area contributed by atoms with E-state index in [0.29, 0.717) is 16.5 Å². The number of aromatic hydroxyl groups is 1. The molecule has 0 amide bonds. The molecule has 1 aromatic heterocycles. The smallest absolute Gasteiger partial charge is 0.223 e. The van der Waals surface area contributed by atoms with Crippen molar-refractivity contribution in [3.05, 3.63) is 41.0 Å². The first kappa shape index (κ1) is 12.4. The van der Waals surface area contributed by atoms with Crippen LogP contribution in [-0.2, 0) is 0 Å². The molecule has 3 N–H and O–H groups in total. The van der Waals surface area contributed by atoms with Gasteiger partial charge in [-0.3, -0.25) is 0 Å². The molecule has 0 saturated carbocycles. The van der Waals surface area contributed by atoms with Crippen molar-refractivity contribution in [3.63, 3.8) is 0 Å². The molecule has 0 aliphatic rings. The Balaban J connectivity index is 2.16. The number of halogens is 1. The zero-order valence-corrected chi connectivity index (χ0v) is 10.4. The first-order valence-electron chi connectivity index (χ1n) is 5.30. The van der Waals surface area contributed by atoms with Crippen LogP contribution in [0.25, 0.3) is 0 Å². The molecule has 0 spiro atoms. The van der Waals surface area contributed by atoms with Crippen LogP contribution in [0.2, 0.25) is 5.02 Å². The van der Waals surface area contributed by atoms with Crippen molar-refractivity contribution in [1.29, 1.82) is 0 Å². The van der Waals surface area contributed by atoms with Crippen molar-refractivity contribution < 1.29 is 9.84 Å². The van der Waals surface area contributed by atoms with Crippen molar-refractivity contribution in [3.8, 4) is 11.6 Å². The van der Waals surface area contributed by atoms with Crippen molar-refractivity contribution >= 4 is 17.5 Å². The molecule has 2 aromatic rings. The Labute approximate surface area is 109 Å². The van der Waals surface area contributed by atoms with E-state index in [1.807, 2.05) is 0 Å². The molecule has 18 heavy (non-hydrogen) atoms. The predicted octanol–water partition coefficient (Wildman–Crippen LogP) is 2.56. The first-order chi connectivity index (χ1) is 8.54. The number of hydrogen-bond acceptors (Lipinski definition) is 5. The molecular weight excluding hydrogens is 254 g/mol. The van der Waals surface area contributed by atoms with E-state index >= 15 is 0 Å². The van der Waals surface area contributed by atoms with Gasteiger partial charge in [-0.15, -0.1) is 0 Å². The minimum Gasteiger partial charge on any atom is -0.493 e. The lowest BCUT2D eigenvalue weighted by Gasteiger charge is -2.14. The molecule has 0 saturated heterocycles. The van der Waals surface area contributed by atoms with Crippen LogP contribution in [0.4, 0.5) is 5.95 Å². The molecule has 1 unspecified atom stereocenters. The summed E-state index contributed by atoms with van der Waals surface area (Å²) in [6, 6.07) is 8.38. The third-order valence-electron chi connectivity index (χ3n) is 2.29. The zero-order valence-electron chi connectivity index (χ0n) is 9.67. The number of hydrogen-bond donors (Lipinski definition) is 2. The molecular formula is C12H12ClN3O2. The number of anilines is 1. The fourth-order valence-corrected chi connectivity index (χ4v) is 1.58. The molecule has 0 radical (unpaired) electrons. The van der Waals surface area contributed by atoms with Gasteiger partial charge in [-0.2, -0.15) is 4.98 Å². The average molecular weight is 266 g/mol. The summed E-state index contributed by atoms with van der Waals surface area (Å²) in [5.74, 6) is 0.490. The van der Waals surface area contributed by atoms with Gasteiger partial charge >= 0.3 is 0 Å². The second-order valence-electron chi connectivity index (χ2n) is 3.72. The number of aromatic nitrogens is 2. The maximum Gasteiger partial charge on any atom is 0.223 e. The highest BCUT2D eigenvalue weighted by Gasteiger charge is 2.11. The minimum absolute atomic E-state index is 0.0107. The van der Waals surface area contributed by atoms with Crippen molar-refractivity contribution in [2.24, 2.45) is 0 Å². The van der Waals surface area contributed by atoms with Crippen LogP contribution in [-0.4, -0.2) is 15.1 Å². The lowest BCUT2D eigenvalue weighted by atomic mass is 10.2. The SMILES string of the molecule is CC(Oc1ccc(Cl)cc1)c1cc(O)nc(N)n1. The number of nitrogen functional groups attached to an aromatic ring is 1. The van der Waals surface area contributed by atoms with Crippen molar-refractivity contribution in [2.45, 2.75) is 13.0 Å². The third kappa shape index (κ3) is 3.01. The highest BCUT2D eigenvalue weighted by Crippen LogP contribution is 2.23. The summed E-state index contributed by atoms with van der Waals surface area (Å²) >= 11 is 5.78. The van der Waals surface area contributed by atoms with E-state index in [1.165, 1.54) is 6.07 Å². The molecule has 1 heterocycles. The number of nitrogens with zero attached hydrogens (tertiary/aromatic N) is 2. The fourth-order valence-electron chi connectivity index (χ4n) is 1.46. The Kier molecular flexibility index (Phi) is 3.53. The van der Waals surface area contributed by atoms with Gasteiger partial charge in [-0.25, -0.2) is 4.98 Å². The minimum atomic E-state index is -0.359. The summed E-state index contributed by atoms with van der Waals surface area (Å²) in [5.41, 5.74) is 5.96. The van der Waals surface area contributed by atoms with Crippen molar-refractivity contribution in [1.82, 2.24) is 9.97 Å². The number of rotatable bonds is 3. The van der Waals surface area contributed by atoms with Gasteiger partial charge < -0.3 is 15.6 Å². The van der Waals surface area contributed by atoms with Gasteiger partial charge in [0.2, 0.25) is 11.8 Å². The molecule has 2 rings (SSSR count). The molecule has 0 aliphatic carbocycles. The monoisotopic (exact) mass is 265 g/mol. The third-order valence-corrected chi connectivity index (χ3v) is 2.54. The van der Waals surface area contributed by atoms with Crippen LogP contribution in [0.5, 0.6) is 11.6 Å². The van der Waals surface area contributed by atoms with E-state index in [-0.39, 0.29) is 17.9 Å². The summed E-state index contributed by atoms with van der Waals surface area (Å²) < 4.78 is 5.65. The Bertz CT molecular complexity index is 525. The Morgan fingerprint density at radius 2 is 1.94 bits per heavy atom. The molecule has 5 nitrogen and oxygen atoms in total. The highest BCUT2D eigenvalue weighted by atomic mass is 35.5. The van der Waals surface area contributed by atoms with Gasteiger partial charge in [0, 0.05) is 11.1 Å². The molecule has 1 aromatic carbocycles. The Morgan fingerprint density at radius 3 is 2.56 bits per heavy atom. The number of benzene rings is 1. The van der Waals surface area contributed by atoms with Crippen LogP contribution in [0.1, 0.15) is 18.7 Å². The largest absolute Gasteiger partial charge is 0.493 e. The molecule has 6 heteroatoms. The fraction of sp³-hybridized carbons (Fsp3) is 0.167. The standard InChI is InChI=1S/C12H12ClN3O2/c1-7(10-6-11(17)16-12(14)15-10)18-9-4-2-8(13)3-5-9/h2-7H,1H3,(H3,14,15,16,17). The van der Waals surface area contributed by atoms with E-state index in [1.54, 1.807) is 31.2 Å². The van der Waals surface area contributed by atoms with Gasteiger partial charge in [0.05, 0.1) is 5.69 Å². The molecule has 94 valence electrons. The van der Waals surface area contributed by atoms with E-state index in [9.17, 15) is 5.11 Å². The predicted molar refractivity (Wildman–Crippen MR) is 68.6 cm³/mol. The van der Waals surface area contributed by atoms with Gasteiger partial charge in [-0.1, -0.05) is 11.6 Å². The summed E-state index contributed by atoms with van der Waals surface area (Å²) in [7, 11) is 0. The second-order valence-corrected chi connectivity index (χ2v) is 4.16.